The summed E-state index contributed by atoms with van der Waals surface area (Å²) in [6.07, 6.45) is 1.99. The Morgan fingerprint density at radius 3 is 2.70 bits per heavy atom. The molecule has 0 saturated carbocycles. The molecular formula is C22H29N3O5. The maximum atomic E-state index is 13.2. The first-order valence-electron chi connectivity index (χ1n) is 10.3. The summed E-state index contributed by atoms with van der Waals surface area (Å²) in [7, 11) is 0. The molecule has 162 valence electrons. The third-order valence-corrected chi connectivity index (χ3v) is 4.70. The van der Waals surface area contributed by atoms with Crippen LogP contribution in [-0.4, -0.2) is 55.0 Å². The maximum absolute atomic E-state index is 13.2. The first-order chi connectivity index (χ1) is 14.4. The van der Waals surface area contributed by atoms with Gasteiger partial charge in [-0.1, -0.05) is 0 Å². The number of amides is 2. The van der Waals surface area contributed by atoms with Crippen molar-refractivity contribution in [2.24, 2.45) is 0 Å². The summed E-state index contributed by atoms with van der Waals surface area (Å²) in [5.74, 6) is -0.397. The zero-order valence-electron chi connectivity index (χ0n) is 17.8. The molecule has 1 aromatic rings. The van der Waals surface area contributed by atoms with E-state index in [0.717, 1.165) is 12.8 Å². The number of benzene rings is 1. The summed E-state index contributed by atoms with van der Waals surface area (Å²) in [6, 6.07) is 7.08. The Morgan fingerprint density at radius 2 is 2.03 bits per heavy atom. The molecule has 1 aliphatic heterocycles. The smallest absolute Gasteiger partial charge is 0.307 e. The molecular weight excluding hydrogens is 386 g/mol. The highest BCUT2D eigenvalue weighted by Crippen LogP contribution is 2.31. The molecule has 2 amide bonds. The van der Waals surface area contributed by atoms with E-state index < -0.39 is 5.97 Å². The van der Waals surface area contributed by atoms with Crippen LogP contribution in [0, 0.1) is 11.3 Å². The van der Waals surface area contributed by atoms with Gasteiger partial charge in [-0.05, 0) is 51.8 Å². The fraction of sp³-hybridized carbons (Fsp3) is 0.545. The average Bonchev–Trinajstić information content (AvgIpc) is 2.81. The van der Waals surface area contributed by atoms with Gasteiger partial charge in [-0.25, -0.2) is 0 Å². The molecule has 0 bridgehead atoms. The molecule has 2 rings (SSSR count). The van der Waals surface area contributed by atoms with Crippen LogP contribution in [0.25, 0.3) is 0 Å². The number of unbranched alkanes of at least 4 members (excludes halogenated alkanes) is 2. The van der Waals surface area contributed by atoms with Crippen LogP contribution in [0.3, 0.4) is 0 Å². The first kappa shape index (κ1) is 23.2. The molecule has 1 aliphatic rings. The van der Waals surface area contributed by atoms with Crippen LogP contribution < -0.4 is 9.64 Å². The van der Waals surface area contributed by atoms with Gasteiger partial charge in [0.2, 0.25) is 5.91 Å². The lowest BCUT2D eigenvalue weighted by atomic mass is 10.1. The number of nitrogens with zero attached hydrogens (tertiary/aromatic N) is 3. The van der Waals surface area contributed by atoms with Crippen LogP contribution in [0.5, 0.6) is 5.75 Å². The Hall–Kier alpha value is -3.08. The van der Waals surface area contributed by atoms with Gasteiger partial charge in [0.15, 0.2) is 0 Å². The van der Waals surface area contributed by atoms with Crippen LogP contribution in [0.4, 0.5) is 5.69 Å². The van der Waals surface area contributed by atoms with Crippen molar-refractivity contribution in [2.45, 2.75) is 52.5 Å². The van der Waals surface area contributed by atoms with E-state index in [9.17, 15) is 14.4 Å². The molecule has 0 radical (unpaired) electrons. The summed E-state index contributed by atoms with van der Waals surface area (Å²) in [4.78, 5) is 40.8. The van der Waals surface area contributed by atoms with Crippen LogP contribution in [0.15, 0.2) is 18.2 Å². The third-order valence-electron chi connectivity index (χ3n) is 4.70. The third kappa shape index (κ3) is 5.96. The van der Waals surface area contributed by atoms with Crippen molar-refractivity contribution in [3.8, 4) is 11.8 Å². The summed E-state index contributed by atoms with van der Waals surface area (Å²) in [5.41, 5.74) is 0.906. The van der Waals surface area contributed by atoms with E-state index >= 15 is 0 Å². The predicted octanol–water partition coefficient (Wildman–Crippen LogP) is 2.91. The average molecular weight is 415 g/mol. The standard InChI is InChI=1S/C22H29N3O5/c1-4-29-21(27)10-12-24-15-20(26)25(16(2)3)19-9-8-17(14-18(19)22(24)28)30-13-7-5-6-11-23/h8-9,14,16H,4-7,10,12-13,15H2,1-3H3. The molecule has 0 aliphatic carbocycles. The summed E-state index contributed by atoms with van der Waals surface area (Å²) in [6.45, 7) is 6.21. The largest absolute Gasteiger partial charge is 0.494 e. The second kappa shape index (κ2) is 11.2. The molecule has 1 aromatic carbocycles. The minimum Gasteiger partial charge on any atom is -0.494 e. The van der Waals surface area contributed by atoms with Gasteiger partial charge in [0.05, 0.1) is 37.0 Å². The molecule has 8 heteroatoms. The molecule has 30 heavy (non-hydrogen) atoms. The highest BCUT2D eigenvalue weighted by molar-refractivity contribution is 6.10. The van der Waals surface area contributed by atoms with Gasteiger partial charge in [-0.15, -0.1) is 0 Å². The van der Waals surface area contributed by atoms with Crippen LogP contribution in [0.1, 0.15) is 56.8 Å². The second-order valence-electron chi connectivity index (χ2n) is 7.28. The summed E-state index contributed by atoms with van der Waals surface area (Å²) >= 11 is 0. The number of carbonyl (C=O) groups is 3. The Kier molecular flexibility index (Phi) is 8.66. The molecule has 8 nitrogen and oxygen atoms in total. The van der Waals surface area contributed by atoms with Crippen molar-refractivity contribution < 1.29 is 23.9 Å². The lowest BCUT2D eigenvalue weighted by molar-refractivity contribution is -0.143. The van der Waals surface area contributed by atoms with Crippen LogP contribution >= 0.6 is 0 Å². The first-order valence-corrected chi connectivity index (χ1v) is 10.3. The number of hydrogen-bond donors (Lipinski definition) is 0. The Morgan fingerprint density at radius 1 is 1.27 bits per heavy atom. The quantitative estimate of drug-likeness (QED) is 0.430. The maximum Gasteiger partial charge on any atom is 0.307 e. The highest BCUT2D eigenvalue weighted by Gasteiger charge is 2.33. The molecule has 1 heterocycles. The number of esters is 1. The number of carbonyl (C=O) groups excluding carboxylic acids is 3. The number of rotatable bonds is 10. The van der Waals surface area contributed by atoms with Gasteiger partial charge in [0.1, 0.15) is 12.3 Å². The van der Waals surface area contributed by atoms with E-state index in [1.807, 2.05) is 13.8 Å². The lowest BCUT2D eigenvalue weighted by Crippen LogP contribution is -2.43. The predicted molar refractivity (Wildman–Crippen MR) is 111 cm³/mol. The van der Waals surface area contributed by atoms with Gasteiger partial charge < -0.3 is 19.3 Å². The number of hydrogen-bond acceptors (Lipinski definition) is 6. The zero-order chi connectivity index (χ0) is 22.1. The SMILES string of the molecule is CCOC(=O)CCN1CC(=O)N(C(C)C)c2ccc(OCCCCC#N)cc2C1=O. The Balaban J connectivity index is 2.25. The number of fused-ring (bicyclic) bond motifs is 1. The lowest BCUT2D eigenvalue weighted by Gasteiger charge is -2.26. The van der Waals surface area contributed by atoms with Crippen LogP contribution in [0.2, 0.25) is 0 Å². The van der Waals surface area contributed by atoms with Crippen molar-refractivity contribution in [1.29, 1.82) is 5.26 Å². The Bertz CT molecular complexity index is 815. The molecule has 0 N–H and O–H groups in total. The molecule has 0 atom stereocenters. The number of anilines is 1. The van der Waals surface area contributed by atoms with Gasteiger partial charge >= 0.3 is 5.97 Å². The fourth-order valence-corrected chi connectivity index (χ4v) is 3.30. The van der Waals surface area contributed by atoms with Gasteiger partial charge in [-0.2, -0.15) is 5.26 Å². The second-order valence-corrected chi connectivity index (χ2v) is 7.28. The normalized spacial score (nSPS) is 13.7. The van der Waals surface area contributed by atoms with Gasteiger partial charge in [-0.3, -0.25) is 14.4 Å². The van der Waals surface area contributed by atoms with Crippen molar-refractivity contribution >= 4 is 23.5 Å². The highest BCUT2D eigenvalue weighted by atomic mass is 16.5. The topological polar surface area (TPSA) is 99.9 Å². The van der Waals surface area contributed by atoms with Gasteiger partial charge in [0, 0.05) is 19.0 Å². The number of nitriles is 1. The molecule has 0 unspecified atom stereocenters. The van der Waals surface area contributed by atoms with E-state index in [-0.39, 0.29) is 44.0 Å². The minimum atomic E-state index is -0.405. The zero-order valence-corrected chi connectivity index (χ0v) is 17.8. The van der Waals surface area contributed by atoms with Crippen molar-refractivity contribution in [1.82, 2.24) is 4.90 Å². The van der Waals surface area contributed by atoms with E-state index in [0.29, 0.717) is 30.0 Å². The van der Waals surface area contributed by atoms with Crippen molar-refractivity contribution in [3.05, 3.63) is 23.8 Å². The summed E-state index contributed by atoms with van der Waals surface area (Å²) < 4.78 is 10.7. The molecule has 0 aromatic heterocycles. The molecule has 0 fully saturated rings. The molecule has 0 spiro atoms. The van der Waals surface area contributed by atoms with E-state index in [1.165, 1.54) is 4.90 Å². The van der Waals surface area contributed by atoms with Gasteiger partial charge in [0.25, 0.3) is 5.91 Å². The fourth-order valence-electron chi connectivity index (χ4n) is 3.30. The molecule has 0 saturated heterocycles. The number of ether oxygens (including phenoxy) is 2. The van der Waals surface area contributed by atoms with E-state index in [4.69, 9.17) is 14.7 Å². The monoisotopic (exact) mass is 415 g/mol. The van der Waals surface area contributed by atoms with Crippen molar-refractivity contribution in [3.63, 3.8) is 0 Å². The van der Waals surface area contributed by atoms with Crippen LogP contribution in [-0.2, 0) is 14.3 Å². The minimum absolute atomic E-state index is 0.0267. The Labute approximate surface area is 177 Å². The van der Waals surface area contributed by atoms with Crippen molar-refractivity contribution in [2.75, 3.05) is 31.2 Å². The van der Waals surface area contributed by atoms with E-state index in [2.05, 4.69) is 6.07 Å². The summed E-state index contributed by atoms with van der Waals surface area (Å²) in [5, 5.41) is 8.60. The van der Waals surface area contributed by atoms with E-state index in [1.54, 1.807) is 30.0 Å².